The van der Waals surface area contributed by atoms with Crippen molar-refractivity contribution in [2.75, 3.05) is 33.4 Å². The highest BCUT2D eigenvalue weighted by Gasteiger charge is 2.31. The zero-order valence-corrected chi connectivity index (χ0v) is 29.6. The summed E-state index contributed by atoms with van der Waals surface area (Å²) < 4.78 is 75.0. The minimum absolute atomic E-state index is 0.0962. The molecule has 53 heavy (non-hydrogen) atoms. The number of aryl methyl sites for hydroxylation is 3. The van der Waals surface area contributed by atoms with E-state index in [0.717, 1.165) is 61.8 Å². The van der Waals surface area contributed by atoms with E-state index in [9.17, 15) is 31.5 Å². The molecule has 12 heteroatoms. The number of methoxy groups -OCH3 is 1. The van der Waals surface area contributed by atoms with Crippen LogP contribution in [-0.4, -0.2) is 64.7 Å². The third kappa shape index (κ3) is 9.00. The summed E-state index contributed by atoms with van der Waals surface area (Å²) in [6.07, 6.45) is -2.70. The Morgan fingerprint density at radius 3 is 2.26 bits per heavy atom. The van der Waals surface area contributed by atoms with Crippen molar-refractivity contribution in [2.24, 2.45) is 0 Å². The Labute approximate surface area is 304 Å². The van der Waals surface area contributed by atoms with Crippen LogP contribution in [0.5, 0.6) is 0 Å². The van der Waals surface area contributed by atoms with Crippen LogP contribution in [-0.2, 0) is 41.6 Å². The molecule has 3 heterocycles. The van der Waals surface area contributed by atoms with Gasteiger partial charge in [0.25, 0.3) is 0 Å². The van der Waals surface area contributed by atoms with Crippen LogP contribution in [0, 0.1) is 18.6 Å². The maximum Gasteiger partial charge on any atom is 0.416 e. The number of ether oxygens (including phenoxy) is 1. The Balaban J connectivity index is 1.30. The van der Waals surface area contributed by atoms with Gasteiger partial charge < -0.3 is 19.1 Å². The number of carbonyl (C=O) groups excluding carboxylic acids is 1. The van der Waals surface area contributed by atoms with Gasteiger partial charge in [-0.15, -0.1) is 0 Å². The third-order valence-electron chi connectivity index (χ3n) is 9.94. The molecule has 3 aromatic carbocycles. The maximum atomic E-state index is 14.6. The number of benzene rings is 3. The topological polar surface area (TPSA) is 67.7 Å². The second-order valence-electron chi connectivity index (χ2n) is 13.5. The van der Waals surface area contributed by atoms with Crippen LogP contribution < -0.4 is 5.43 Å². The molecule has 7 nitrogen and oxygen atoms in total. The first kappa shape index (κ1) is 37.8. The van der Waals surface area contributed by atoms with Gasteiger partial charge in [0.1, 0.15) is 12.2 Å². The van der Waals surface area contributed by atoms with Gasteiger partial charge in [0.05, 0.1) is 17.6 Å². The molecular formula is C41H41F5N4O3. The summed E-state index contributed by atoms with van der Waals surface area (Å²) in [5.41, 5.74) is 2.87. The fraction of sp³-hybridized carbons (Fsp3) is 0.341. The number of fused-ring (bicyclic) bond motifs is 1. The number of piperidine rings is 1. The van der Waals surface area contributed by atoms with Gasteiger partial charge in [-0.2, -0.15) is 13.2 Å². The molecule has 0 aliphatic carbocycles. The van der Waals surface area contributed by atoms with Gasteiger partial charge in [-0.3, -0.25) is 9.59 Å². The number of pyridine rings is 2. The van der Waals surface area contributed by atoms with Gasteiger partial charge in [0.2, 0.25) is 5.91 Å². The van der Waals surface area contributed by atoms with E-state index >= 15 is 0 Å². The predicted octanol–water partition coefficient (Wildman–Crippen LogP) is 7.59. The number of halogens is 5. The molecule has 6 rings (SSSR count). The first-order valence-electron chi connectivity index (χ1n) is 17.6. The third-order valence-corrected chi connectivity index (χ3v) is 9.94. The smallest absolute Gasteiger partial charge is 0.383 e. The van der Waals surface area contributed by atoms with Crippen LogP contribution in [0.4, 0.5) is 22.0 Å². The summed E-state index contributed by atoms with van der Waals surface area (Å²) in [7, 11) is 1.66. The number of hydrogen-bond donors (Lipinski definition) is 0. The first-order valence-corrected chi connectivity index (χ1v) is 17.6. The van der Waals surface area contributed by atoms with E-state index in [1.165, 1.54) is 30.3 Å². The minimum Gasteiger partial charge on any atom is -0.383 e. The second kappa shape index (κ2) is 16.4. The lowest BCUT2D eigenvalue weighted by Gasteiger charge is -2.39. The molecule has 2 aromatic heterocycles. The zero-order chi connectivity index (χ0) is 37.7. The van der Waals surface area contributed by atoms with Gasteiger partial charge in [0, 0.05) is 56.8 Å². The highest BCUT2D eigenvalue weighted by molar-refractivity contribution is 5.81. The molecule has 1 fully saturated rings. The lowest BCUT2D eigenvalue weighted by atomic mass is 10.00. The molecule has 1 aliphatic rings. The molecular weight excluding hydrogens is 691 g/mol. The Morgan fingerprint density at radius 1 is 0.925 bits per heavy atom. The number of amides is 1. The quantitative estimate of drug-likeness (QED) is 0.124. The fourth-order valence-electron chi connectivity index (χ4n) is 6.94. The summed E-state index contributed by atoms with van der Waals surface area (Å²) in [4.78, 5) is 36.6. The van der Waals surface area contributed by atoms with Crippen LogP contribution >= 0.6 is 0 Å². The average Bonchev–Trinajstić information content (AvgIpc) is 3.15. The number of nitrogens with zero attached hydrogens (tertiary/aromatic N) is 4. The number of alkyl halides is 3. The molecule has 1 aliphatic heterocycles. The molecule has 0 saturated carbocycles. The molecule has 0 radical (unpaired) electrons. The molecule has 5 aromatic rings. The van der Waals surface area contributed by atoms with Gasteiger partial charge in [-0.25, -0.2) is 13.8 Å². The number of carbonyl (C=O) groups is 1. The van der Waals surface area contributed by atoms with Gasteiger partial charge >= 0.3 is 6.18 Å². The van der Waals surface area contributed by atoms with Crippen molar-refractivity contribution in [1.82, 2.24) is 19.4 Å². The normalized spacial score (nSPS) is 14.2. The highest BCUT2D eigenvalue weighted by Crippen LogP contribution is 2.31. The fourth-order valence-corrected chi connectivity index (χ4v) is 6.94. The molecule has 1 amide bonds. The summed E-state index contributed by atoms with van der Waals surface area (Å²) >= 11 is 0. The molecule has 0 atom stereocenters. The number of hydrogen-bond acceptors (Lipinski definition) is 5. The van der Waals surface area contributed by atoms with E-state index in [-0.39, 0.29) is 48.9 Å². The molecule has 0 N–H and O–H groups in total. The summed E-state index contributed by atoms with van der Waals surface area (Å²) in [6.45, 7) is 4.88. The molecule has 0 bridgehead atoms. The largest absolute Gasteiger partial charge is 0.416 e. The lowest BCUT2D eigenvalue weighted by Crippen LogP contribution is -2.48. The van der Waals surface area contributed by atoms with E-state index in [2.05, 4.69) is 9.88 Å². The molecule has 1 saturated heterocycles. The number of aromatic nitrogens is 2. The Bertz CT molecular complexity index is 2110. The van der Waals surface area contributed by atoms with E-state index < -0.39 is 23.4 Å². The second-order valence-corrected chi connectivity index (χ2v) is 13.5. The Hall–Kier alpha value is -4.94. The maximum absolute atomic E-state index is 14.6. The van der Waals surface area contributed by atoms with E-state index in [0.29, 0.717) is 34.6 Å². The first-order chi connectivity index (χ1) is 25.4. The Morgan fingerprint density at radius 2 is 1.60 bits per heavy atom. The highest BCUT2D eigenvalue weighted by atomic mass is 19.4. The van der Waals surface area contributed by atoms with Crippen LogP contribution in [0.2, 0.25) is 0 Å². The van der Waals surface area contributed by atoms with Crippen molar-refractivity contribution in [3.63, 3.8) is 0 Å². The van der Waals surface area contributed by atoms with Crippen LogP contribution in [0.15, 0.2) is 89.7 Å². The van der Waals surface area contributed by atoms with E-state index in [1.807, 2.05) is 29.2 Å². The van der Waals surface area contributed by atoms with Crippen LogP contribution in [0.1, 0.15) is 40.9 Å². The van der Waals surface area contributed by atoms with Crippen molar-refractivity contribution in [2.45, 2.75) is 57.9 Å². The van der Waals surface area contributed by atoms with Gasteiger partial charge in [0.15, 0.2) is 17.1 Å². The van der Waals surface area contributed by atoms with Crippen LogP contribution in [0.25, 0.3) is 22.2 Å². The lowest BCUT2D eigenvalue weighted by molar-refractivity contribution is -0.137. The van der Waals surface area contributed by atoms with Crippen molar-refractivity contribution < 1.29 is 31.5 Å². The van der Waals surface area contributed by atoms with Crippen molar-refractivity contribution in [3.05, 3.63) is 135 Å². The van der Waals surface area contributed by atoms with Crippen LogP contribution in [0.3, 0.4) is 0 Å². The van der Waals surface area contributed by atoms with Gasteiger partial charge in [-0.1, -0.05) is 48.5 Å². The minimum atomic E-state index is -4.42. The molecule has 0 spiro atoms. The number of likely N-dealkylation sites (tertiary alicyclic amines) is 1. The summed E-state index contributed by atoms with van der Waals surface area (Å²) in [5.74, 6) is -2.10. The molecule has 0 unspecified atom stereocenters. The standard InChI is InChI=1S/C41H41F5N4O3/c1-27-6-17-35-37(51)24-34(16-13-31-4-3-5-36(42)39(31)43)50(40(35)47-27)26-38(52)49(33-18-20-48(21-19-33)22-23-53-2)25-28-7-9-29(10-8-28)30-11-14-32(15-12-30)41(44,45)46/h3-12,14-15,17,24,33H,13,16,18-23,25-26H2,1-2H3. The van der Waals surface area contributed by atoms with Crippen molar-refractivity contribution >= 4 is 16.9 Å². The average molecular weight is 733 g/mol. The Kier molecular flexibility index (Phi) is 11.7. The summed E-state index contributed by atoms with van der Waals surface area (Å²) in [6, 6.07) is 21.2. The SMILES string of the molecule is COCCN1CCC(N(Cc2ccc(-c3ccc(C(F)(F)F)cc3)cc2)C(=O)Cn2c(CCc3cccc(F)c3F)cc(=O)c3ccc(C)nc32)CC1. The summed E-state index contributed by atoms with van der Waals surface area (Å²) in [5, 5.41) is 0.348. The zero-order valence-electron chi connectivity index (χ0n) is 29.6. The predicted molar refractivity (Wildman–Crippen MR) is 193 cm³/mol. The van der Waals surface area contributed by atoms with Gasteiger partial charge in [-0.05, 0) is 85.2 Å². The number of rotatable bonds is 12. The van der Waals surface area contributed by atoms with Crippen molar-refractivity contribution in [3.8, 4) is 11.1 Å². The monoisotopic (exact) mass is 732 g/mol. The van der Waals surface area contributed by atoms with E-state index in [1.54, 1.807) is 30.7 Å². The molecule has 278 valence electrons. The van der Waals surface area contributed by atoms with E-state index in [4.69, 9.17) is 4.74 Å². The van der Waals surface area contributed by atoms with Crippen molar-refractivity contribution in [1.29, 1.82) is 0 Å².